The van der Waals surface area contributed by atoms with E-state index in [9.17, 15) is 18.0 Å². The van der Waals surface area contributed by atoms with Crippen LogP contribution in [0.25, 0.3) is 0 Å². The summed E-state index contributed by atoms with van der Waals surface area (Å²) in [6.07, 6.45) is -2.22. The van der Waals surface area contributed by atoms with Gasteiger partial charge in [-0.15, -0.1) is 0 Å². The van der Waals surface area contributed by atoms with E-state index in [0.717, 1.165) is 29.1 Å². The first-order chi connectivity index (χ1) is 11.3. The number of rotatable bonds is 5. The second-order valence-electron chi connectivity index (χ2n) is 6.45. The zero-order valence-electron chi connectivity index (χ0n) is 13.6. The Labute approximate surface area is 139 Å². The van der Waals surface area contributed by atoms with E-state index in [4.69, 9.17) is 4.74 Å². The largest absolute Gasteiger partial charge is 0.493 e. The zero-order chi connectivity index (χ0) is 17.3. The molecule has 0 bridgehead atoms. The van der Waals surface area contributed by atoms with Crippen molar-refractivity contribution < 1.29 is 22.7 Å². The third kappa shape index (κ3) is 3.83. The normalized spacial score (nSPS) is 20.6. The summed E-state index contributed by atoms with van der Waals surface area (Å²) in [5.41, 5.74) is 2.35. The first kappa shape index (κ1) is 17.1. The van der Waals surface area contributed by atoms with E-state index in [1.54, 1.807) is 7.05 Å². The van der Waals surface area contributed by atoms with Gasteiger partial charge in [-0.2, -0.15) is 13.2 Å². The van der Waals surface area contributed by atoms with Crippen molar-refractivity contribution in [3.05, 3.63) is 29.3 Å². The molecule has 0 aliphatic carbocycles. The first-order valence-electron chi connectivity index (χ1n) is 8.14. The molecule has 2 aliphatic rings. The average Bonchev–Trinajstić information content (AvgIpc) is 3.10. The summed E-state index contributed by atoms with van der Waals surface area (Å²) in [4.78, 5) is 14.9. The molecule has 1 unspecified atom stereocenters. The predicted molar refractivity (Wildman–Crippen MR) is 83.0 cm³/mol. The Morgan fingerprint density at radius 1 is 1.38 bits per heavy atom. The average molecular weight is 342 g/mol. The number of likely N-dealkylation sites (N-methyl/N-ethyl adjacent to an activating group) is 1. The molecule has 4 nitrogen and oxygen atoms in total. The van der Waals surface area contributed by atoms with E-state index >= 15 is 0 Å². The Morgan fingerprint density at radius 3 is 2.92 bits per heavy atom. The number of hydrogen-bond donors (Lipinski definition) is 0. The first-order valence-corrected chi connectivity index (χ1v) is 8.14. The van der Waals surface area contributed by atoms with E-state index in [-0.39, 0.29) is 6.54 Å². The van der Waals surface area contributed by atoms with Gasteiger partial charge in [-0.1, -0.05) is 12.1 Å². The summed E-state index contributed by atoms with van der Waals surface area (Å²) in [6, 6.07) is 5.63. The number of carbonyl (C=O) groups is 1. The van der Waals surface area contributed by atoms with E-state index in [0.29, 0.717) is 19.6 Å². The topological polar surface area (TPSA) is 32.8 Å². The number of amides is 1. The van der Waals surface area contributed by atoms with Crippen LogP contribution in [0.1, 0.15) is 17.5 Å². The van der Waals surface area contributed by atoms with E-state index in [2.05, 4.69) is 6.07 Å². The van der Waals surface area contributed by atoms with Gasteiger partial charge in [0.1, 0.15) is 12.3 Å². The second kappa shape index (κ2) is 6.63. The Hall–Kier alpha value is -1.76. The van der Waals surface area contributed by atoms with Gasteiger partial charge >= 0.3 is 6.18 Å². The van der Waals surface area contributed by atoms with Crippen LogP contribution in [-0.2, 0) is 17.6 Å². The molecule has 0 spiro atoms. The molecule has 0 aromatic heterocycles. The van der Waals surface area contributed by atoms with Crippen LogP contribution in [0.4, 0.5) is 13.2 Å². The maximum atomic E-state index is 12.5. The molecule has 132 valence electrons. The van der Waals surface area contributed by atoms with E-state index in [1.165, 1.54) is 5.56 Å². The number of fused-ring (bicyclic) bond motifs is 1. The molecule has 1 aromatic carbocycles. The fraction of sp³-hybridized carbons (Fsp3) is 0.588. The molecule has 0 saturated carbocycles. The van der Waals surface area contributed by atoms with Crippen molar-refractivity contribution in [1.29, 1.82) is 0 Å². The number of nitrogens with zero attached hydrogens (tertiary/aromatic N) is 2. The summed E-state index contributed by atoms with van der Waals surface area (Å²) in [5, 5.41) is 0. The van der Waals surface area contributed by atoms with Crippen molar-refractivity contribution in [3.8, 4) is 5.75 Å². The third-order valence-corrected chi connectivity index (χ3v) is 4.68. The Bertz CT molecular complexity index is 618. The standard InChI is InChI=1S/C17H21F3N2O2/c1-21(14-5-8-22(16(14)23)11-17(18,19)20)7-4-12-2-3-15-13(10-12)6-9-24-15/h2-3,10,14H,4-9,11H2,1H3. The van der Waals surface area contributed by atoms with Crippen LogP contribution in [0.5, 0.6) is 5.75 Å². The van der Waals surface area contributed by atoms with E-state index < -0.39 is 24.7 Å². The Balaban J connectivity index is 1.54. The molecule has 2 aliphatic heterocycles. The molecule has 0 radical (unpaired) electrons. The van der Waals surface area contributed by atoms with Crippen molar-refractivity contribution in [2.24, 2.45) is 0 Å². The van der Waals surface area contributed by atoms with Crippen molar-refractivity contribution in [1.82, 2.24) is 9.80 Å². The highest BCUT2D eigenvalue weighted by Crippen LogP contribution is 2.26. The minimum absolute atomic E-state index is 0.170. The SMILES string of the molecule is CN(CCc1ccc2c(c1)CCO2)C1CCN(CC(F)(F)F)C1=O. The van der Waals surface area contributed by atoms with Gasteiger partial charge in [-0.05, 0) is 37.1 Å². The molecule has 7 heteroatoms. The summed E-state index contributed by atoms with van der Waals surface area (Å²) in [5.74, 6) is 0.512. The molecule has 0 N–H and O–H groups in total. The maximum absolute atomic E-state index is 12.5. The van der Waals surface area contributed by atoms with Gasteiger partial charge in [-0.25, -0.2) is 0 Å². The van der Waals surface area contributed by atoms with Gasteiger partial charge in [0, 0.05) is 19.5 Å². The molecular formula is C17H21F3N2O2. The lowest BCUT2D eigenvalue weighted by Gasteiger charge is -2.24. The summed E-state index contributed by atoms with van der Waals surface area (Å²) < 4.78 is 42.9. The molecule has 2 heterocycles. The summed E-state index contributed by atoms with van der Waals surface area (Å²) >= 11 is 0. The van der Waals surface area contributed by atoms with Crippen molar-refractivity contribution in [3.63, 3.8) is 0 Å². The predicted octanol–water partition coefficient (Wildman–Crippen LogP) is 2.26. The van der Waals surface area contributed by atoms with Gasteiger partial charge in [0.15, 0.2) is 0 Å². The van der Waals surface area contributed by atoms with Crippen LogP contribution in [0.3, 0.4) is 0 Å². The highest BCUT2D eigenvalue weighted by Gasteiger charge is 2.40. The van der Waals surface area contributed by atoms with Crippen LogP contribution in [-0.4, -0.2) is 61.2 Å². The lowest BCUT2D eigenvalue weighted by atomic mass is 10.1. The highest BCUT2D eigenvalue weighted by molar-refractivity contribution is 5.84. The fourth-order valence-electron chi connectivity index (χ4n) is 3.36. The second-order valence-corrected chi connectivity index (χ2v) is 6.45. The van der Waals surface area contributed by atoms with Crippen LogP contribution >= 0.6 is 0 Å². The molecule has 1 atom stereocenters. The molecule has 24 heavy (non-hydrogen) atoms. The molecule has 1 amide bonds. The number of benzene rings is 1. The summed E-state index contributed by atoms with van der Waals surface area (Å²) in [6.45, 7) is 0.366. The number of ether oxygens (including phenoxy) is 1. The van der Waals surface area contributed by atoms with Gasteiger partial charge < -0.3 is 9.64 Å². The molecular weight excluding hydrogens is 321 g/mol. The minimum Gasteiger partial charge on any atom is -0.493 e. The van der Waals surface area contributed by atoms with Gasteiger partial charge in [-0.3, -0.25) is 9.69 Å². The minimum atomic E-state index is -4.34. The molecule has 1 fully saturated rings. The van der Waals surface area contributed by atoms with Crippen LogP contribution in [0.2, 0.25) is 0 Å². The van der Waals surface area contributed by atoms with Crippen LogP contribution < -0.4 is 4.74 Å². The molecule has 1 saturated heterocycles. The lowest BCUT2D eigenvalue weighted by molar-refractivity contribution is -0.158. The van der Waals surface area contributed by atoms with E-state index in [1.807, 2.05) is 17.0 Å². The van der Waals surface area contributed by atoms with Gasteiger partial charge in [0.25, 0.3) is 0 Å². The molecule has 1 aromatic rings. The lowest BCUT2D eigenvalue weighted by Crippen LogP contribution is -2.43. The number of carbonyl (C=O) groups excluding carboxylic acids is 1. The molecule has 3 rings (SSSR count). The number of hydrogen-bond acceptors (Lipinski definition) is 3. The maximum Gasteiger partial charge on any atom is 0.406 e. The Morgan fingerprint density at radius 2 is 2.17 bits per heavy atom. The van der Waals surface area contributed by atoms with Crippen molar-refractivity contribution in [2.75, 3.05) is 33.3 Å². The quantitative estimate of drug-likeness (QED) is 0.823. The van der Waals surface area contributed by atoms with Crippen LogP contribution in [0.15, 0.2) is 18.2 Å². The highest BCUT2D eigenvalue weighted by atomic mass is 19.4. The van der Waals surface area contributed by atoms with Gasteiger partial charge in [0.05, 0.1) is 12.6 Å². The number of halogens is 3. The Kier molecular flexibility index (Phi) is 4.71. The summed E-state index contributed by atoms with van der Waals surface area (Å²) in [7, 11) is 1.80. The number of alkyl halides is 3. The van der Waals surface area contributed by atoms with Crippen molar-refractivity contribution in [2.45, 2.75) is 31.5 Å². The fourth-order valence-corrected chi connectivity index (χ4v) is 3.36. The number of likely N-dealkylation sites (tertiary alicyclic amines) is 1. The third-order valence-electron chi connectivity index (χ3n) is 4.68. The van der Waals surface area contributed by atoms with Crippen LogP contribution in [0, 0.1) is 0 Å². The monoisotopic (exact) mass is 342 g/mol. The smallest absolute Gasteiger partial charge is 0.406 e. The zero-order valence-corrected chi connectivity index (χ0v) is 13.6. The van der Waals surface area contributed by atoms with Gasteiger partial charge in [0.2, 0.25) is 5.91 Å². The van der Waals surface area contributed by atoms with Crippen molar-refractivity contribution >= 4 is 5.91 Å².